The summed E-state index contributed by atoms with van der Waals surface area (Å²) in [5.74, 6) is -1.64. The number of fused-ring (bicyclic) bond motifs is 1. The van der Waals surface area contributed by atoms with E-state index in [2.05, 4.69) is 11.4 Å². The number of nitrogens with one attached hydrogen (secondary N) is 1. The normalized spacial score (nSPS) is 19.9. The van der Waals surface area contributed by atoms with Gasteiger partial charge in [0.2, 0.25) is 5.91 Å². The van der Waals surface area contributed by atoms with Crippen molar-refractivity contribution < 1.29 is 19.4 Å². The van der Waals surface area contributed by atoms with E-state index >= 15 is 0 Å². The topological polar surface area (TPSA) is 75.6 Å². The number of hydrogen-bond acceptors (Lipinski definition) is 3. The summed E-state index contributed by atoms with van der Waals surface area (Å²) >= 11 is 0. The molecule has 0 bridgehead atoms. The second-order valence-electron chi connectivity index (χ2n) is 6.44. The summed E-state index contributed by atoms with van der Waals surface area (Å²) in [6.45, 7) is 1.92. The highest BCUT2D eigenvalue weighted by Gasteiger charge is 2.36. The van der Waals surface area contributed by atoms with E-state index in [4.69, 9.17) is 9.84 Å². The standard InChI is InChI=1S/C20H21NO4/c1-12(21-19(22)17-7-8-18(17)20(23)24)9-13-3-4-15-11-16(25-2)6-5-14(15)10-13/h3-8,10-12,17-18H,9H2,1-2H3,(H,21,22)(H,23,24)/t12-,17-,18+/m1/s1. The van der Waals surface area contributed by atoms with Crippen molar-refractivity contribution in [2.24, 2.45) is 11.8 Å². The molecule has 3 atom stereocenters. The number of benzene rings is 2. The molecule has 0 saturated heterocycles. The van der Waals surface area contributed by atoms with Crippen molar-refractivity contribution in [1.82, 2.24) is 5.32 Å². The lowest BCUT2D eigenvalue weighted by Crippen LogP contribution is -2.44. The van der Waals surface area contributed by atoms with Crippen molar-refractivity contribution in [2.45, 2.75) is 19.4 Å². The van der Waals surface area contributed by atoms with Gasteiger partial charge in [-0.1, -0.05) is 36.4 Å². The monoisotopic (exact) mass is 339 g/mol. The van der Waals surface area contributed by atoms with E-state index in [-0.39, 0.29) is 11.9 Å². The molecule has 0 saturated carbocycles. The van der Waals surface area contributed by atoms with Crippen LogP contribution in [0.1, 0.15) is 12.5 Å². The molecule has 0 spiro atoms. The summed E-state index contributed by atoms with van der Waals surface area (Å²) in [7, 11) is 1.64. The summed E-state index contributed by atoms with van der Waals surface area (Å²) in [4.78, 5) is 23.2. The first-order valence-electron chi connectivity index (χ1n) is 8.26. The van der Waals surface area contributed by atoms with Crippen molar-refractivity contribution in [3.63, 3.8) is 0 Å². The van der Waals surface area contributed by atoms with Gasteiger partial charge in [0.05, 0.1) is 18.9 Å². The number of rotatable bonds is 6. The molecule has 1 aliphatic rings. The SMILES string of the molecule is COc1ccc2cc(C[C@@H](C)NC(=O)[C@@H]3C=C[C@@H]3C(=O)O)ccc2c1. The van der Waals surface area contributed by atoms with Crippen LogP contribution in [0.3, 0.4) is 0 Å². The van der Waals surface area contributed by atoms with Crippen LogP contribution >= 0.6 is 0 Å². The molecular formula is C20H21NO4. The van der Waals surface area contributed by atoms with E-state index in [1.807, 2.05) is 37.3 Å². The van der Waals surface area contributed by atoms with Crippen molar-refractivity contribution in [2.75, 3.05) is 7.11 Å². The number of ether oxygens (including phenoxy) is 1. The molecule has 1 aliphatic carbocycles. The van der Waals surface area contributed by atoms with Gasteiger partial charge < -0.3 is 15.2 Å². The minimum absolute atomic E-state index is 0.0772. The summed E-state index contributed by atoms with van der Waals surface area (Å²) < 4.78 is 5.23. The molecule has 0 fully saturated rings. The van der Waals surface area contributed by atoms with Crippen LogP contribution in [0.5, 0.6) is 5.75 Å². The first-order chi connectivity index (χ1) is 12.0. The third-order valence-corrected chi connectivity index (χ3v) is 4.54. The fraction of sp³-hybridized carbons (Fsp3) is 0.300. The van der Waals surface area contributed by atoms with Crippen molar-refractivity contribution in [3.05, 3.63) is 54.1 Å². The van der Waals surface area contributed by atoms with Gasteiger partial charge in [-0.05, 0) is 41.8 Å². The van der Waals surface area contributed by atoms with E-state index in [9.17, 15) is 9.59 Å². The van der Waals surface area contributed by atoms with E-state index in [1.54, 1.807) is 19.3 Å². The summed E-state index contributed by atoms with van der Waals surface area (Å²) in [6, 6.07) is 12.0. The summed E-state index contributed by atoms with van der Waals surface area (Å²) in [5, 5.41) is 14.1. The quantitative estimate of drug-likeness (QED) is 0.794. The molecule has 5 nitrogen and oxygen atoms in total. The Labute approximate surface area is 146 Å². The zero-order chi connectivity index (χ0) is 18.0. The van der Waals surface area contributed by atoms with Gasteiger partial charge in [-0.15, -0.1) is 0 Å². The maximum Gasteiger partial charge on any atom is 0.311 e. The number of amides is 1. The van der Waals surface area contributed by atoms with Crippen LogP contribution in [0.4, 0.5) is 0 Å². The number of carboxylic acids is 1. The lowest BCUT2D eigenvalue weighted by molar-refractivity contribution is -0.145. The smallest absolute Gasteiger partial charge is 0.311 e. The van der Waals surface area contributed by atoms with Crippen molar-refractivity contribution in [1.29, 1.82) is 0 Å². The minimum Gasteiger partial charge on any atom is -0.497 e. The van der Waals surface area contributed by atoms with Crippen LogP contribution < -0.4 is 10.1 Å². The lowest BCUT2D eigenvalue weighted by Gasteiger charge is -2.26. The highest BCUT2D eigenvalue weighted by Crippen LogP contribution is 2.26. The second-order valence-corrected chi connectivity index (χ2v) is 6.44. The molecular weight excluding hydrogens is 318 g/mol. The van der Waals surface area contributed by atoms with Crippen LogP contribution in [-0.2, 0) is 16.0 Å². The van der Waals surface area contributed by atoms with Crippen LogP contribution in [-0.4, -0.2) is 30.1 Å². The zero-order valence-electron chi connectivity index (χ0n) is 14.2. The fourth-order valence-corrected chi connectivity index (χ4v) is 3.09. The van der Waals surface area contributed by atoms with Gasteiger partial charge in [0.15, 0.2) is 0 Å². The van der Waals surface area contributed by atoms with Crippen LogP contribution in [0.15, 0.2) is 48.6 Å². The van der Waals surface area contributed by atoms with Gasteiger partial charge in [0.25, 0.3) is 0 Å². The van der Waals surface area contributed by atoms with Crippen molar-refractivity contribution >= 4 is 22.6 Å². The average molecular weight is 339 g/mol. The maximum atomic E-state index is 12.2. The second kappa shape index (κ2) is 6.97. The molecule has 0 radical (unpaired) electrons. The molecule has 2 N–H and O–H groups in total. The molecule has 2 aromatic rings. The van der Waals surface area contributed by atoms with Gasteiger partial charge in [0.1, 0.15) is 5.75 Å². The highest BCUT2D eigenvalue weighted by molar-refractivity contribution is 5.90. The molecule has 0 aliphatic heterocycles. The lowest BCUT2D eigenvalue weighted by atomic mass is 9.81. The number of hydrogen-bond donors (Lipinski definition) is 2. The van der Waals surface area contributed by atoms with E-state index in [0.29, 0.717) is 6.42 Å². The van der Waals surface area contributed by atoms with Gasteiger partial charge in [-0.2, -0.15) is 0 Å². The van der Waals surface area contributed by atoms with E-state index in [1.165, 1.54) is 0 Å². The average Bonchev–Trinajstić information content (AvgIpc) is 2.52. The number of carboxylic acid groups (broad SMARTS) is 1. The Bertz CT molecular complexity index is 843. The molecule has 2 aromatic carbocycles. The van der Waals surface area contributed by atoms with E-state index < -0.39 is 17.8 Å². The zero-order valence-corrected chi connectivity index (χ0v) is 14.2. The third-order valence-electron chi connectivity index (χ3n) is 4.54. The molecule has 25 heavy (non-hydrogen) atoms. The Balaban J connectivity index is 1.63. The Kier molecular flexibility index (Phi) is 4.74. The Morgan fingerprint density at radius 1 is 1.12 bits per heavy atom. The largest absolute Gasteiger partial charge is 0.497 e. The molecule has 130 valence electrons. The van der Waals surface area contributed by atoms with Crippen LogP contribution in [0.25, 0.3) is 10.8 Å². The maximum absolute atomic E-state index is 12.2. The van der Waals surface area contributed by atoms with Gasteiger partial charge in [-0.25, -0.2) is 0 Å². The molecule has 0 aromatic heterocycles. The van der Waals surface area contributed by atoms with Crippen molar-refractivity contribution in [3.8, 4) is 5.75 Å². The number of aliphatic carboxylic acids is 1. The first kappa shape index (κ1) is 17.0. The third kappa shape index (κ3) is 3.65. The van der Waals surface area contributed by atoms with Gasteiger partial charge in [0, 0.05) is 6.04 Å². The number of methoxy groups -OCH3 is 1. The molecule has 1 amide bonds. The molecule has 0 heterocycles. The van der Waals surface area contributed by atoms with Crippen LogP contribution in [0, 0.1) is 11.8 Å². The predicted molar refractivity (Wildman–Crippen MR) is 95.6 cm³/mol. The molecule has 5 heteroatoms. The summed E-state index contributed by atoms with van der Waals surface area (Å²) in [5.41, 5.74) is 1.12. The van der Waals surface area contributed by atoms with Gasteiger partial charge in [-0.3, -0.25) is 9.59 Å². The number of carbonyl (C=O) groups is 2. The predicted octanol–water partition coefficient (Wildman–Crippen LogP) is 2.78. The Morgan fingerprint density at radius 2 is 1.80 bits per heavy atom. The Morgan fingerprint density at radius 3 is 2.44 bits per heavy atom. The molecule has 0 unspecified atom stereocenters. The number of carbonyl (C=O) groups excluding carboxylic acids is 1. The van der Waals surface area contributed by atoms with Crippen LogP contribution in [0.2, 0.25) is 0 Å². The fourth-order valence-electron chi connectivity index (χ4n) is 3.09. The minimum atomic E-state index is -0.958. The van der Waals surface area contributed by atoms with E-state index in [0.717, 1.165) is 22.1 Å². The highest BCUT2D eigenvalue weighted by atomic mass is 16.5. The van der Waals surface area contributed by atoms with Gasteiger partial charge >= 0.3 is 5.97 Å². The Hall–Kier alpha value is -2.82. The summed E-state index contributed by atoms with van der Waals surface area (Å²) in [6.07, 6.45) is 3.88. The first-order valence-corrected chi connectivity index (χ1v) is 8.26. The molecule has 3 rings (SSSR count).